The van der Waals surface area contributed by atoms with Gasteiger partial charge in [0.15, 0.2) is 0 Å². The fourth-order valence-corrected chi connectivity index (χ4v) is 4.24. The van der Waals surface area contributed by atoms with Crippen LogP contribution in [0.5, 0.6) is 0 Å². The number of carbonyl (C=O) groups excluding carboxylic acids is 1. The van der Waals surface area contributed by atoms with Gasteiger partial charge in [-0.25, -0.2) is 4.79 Å². The number of amides is 1. The fourth-order valence-electron chi connectivity index (χ4n) is 2.55. The number of nitrogens with zero attached hydrogens (tertiary/aromatic N) is 1. The molecule has 1 fully saturated rings. The van der Waals surface area contributed by atoms with Crippen molar-refractivity contribution in [3.05, 3.63) is 27.1 Å². The SMILES string of the molecule is CC(C)(C)OC(=O)N1CCC(C(=CO)c2sccc2Br)CC1. The molecule has 4 nitrogen and oxygen atoms in total. The summed E-state index contributed by atoms with van der Waals surface area (Å²) in [5.41, 5.74) is 0.483. The van der Waals surface area contributed by atoms with Crippen LogP contribution in [0.4, 0.5) is 4.79 Å². The van der Waals surface area contributed by atoms with Crippen LogP contribution in [0.2, 0.25) is 0 Å². The molecule has 1 aromatic rings. The molecule has 0 radical (unpaired) electrons. The second-order valence-corrected chi connectivity index (χ2v) is 8.19. The van der Waals surface area contributed by atoms with Crippen LogP contribution in [0.1, 0.15) is 38.5 Å². The minimum absolute atomic E-state index is 0.252. The van der Waals surface area contributed by atoms with Crippen LogP contribution in [0.15, 0.2) is 22.2 Å². The zero-order valence-electron chi connectivity index (χ0n) is 13.1. The minimum atomic E-state index is -0.466. The van der Waals surface area contributed by atoms with Gasteiger partial charge in [0, 0.05) is 28.0 Å². The van der Waals surface area contributed by atoms with Crippen LogP contribution >= 0.6 is 27.3 Å². The average molecular weight is 388 g/mol. The molecule has 0 bridgehead atoms. The van der Waals surface area contributed by atoms with Gasteiger partial charge >= 0.3 is 6.09 Å². The molecule has 0 aliphatic carbocycles. The average Bonchev–Trinajstić information content (AvgIpc) is 2.85. The quantitative estimate of drug-likeness (QED) is 0.721. The van der Waals surface area contributed by atoms with E-state index < -0.39 is 5.60 Å². The summed E-state index contributed by atoms with van der Waals surface area (Å²) in [4.78, 5) is 14.9. The Balaban J connectivity index is 1.97. The van der Waals surface area contributed by atoms with Crippen molar-refractivity contribution in [1.82, 2.24) is 4.90 Å². The number of likely N-dealkylation sites (tertiary alicyclic amines) is 1. The highest BCUT2D eigenvalue weighted by atomic mass is 79.9. The van der Waals surface area contributed by atoms with Gasteiger partial charge in [0.1, 0.15) is 5.60 Å². The largest absolute Gasteiger partial charge is 0.515 e. The lowest BCUT2D eigenvalue weighted by atomic mass is 9.89. The molecule has 1 aliphatic heterocycles. The Hall–Kier alpha value is -1.01. The van der Waals surface area contributed by atoms with Crippen molar-refractivity contribution in [2.24, 2.45) is 5.92 Å². The van der Waals surface area contributed by atoms with Gasteiger partial charge in [-0.2, -0.15) is 0 Å². The summed E-state index contributed by atoms with van der Waals surface area (Å²) in [6.07, 6.45) is 2.62. The lowest BCUT2D eigenvalue weighted by Gasteiger charge is -2.34. The number of carbonyl (C=O) groups is 1. The number of hydrogen-bond donors (Lipinski definition) is 1. The molecule has 6 heteroatoms. The molecule has 0 unspecified atom stereocenters. The highest BCUT2D eigenvalue weighted by molar-refractivity contribution is 9.10. The highest BCUT2D eigenvalue weighted by Crippen LogP contribution is 2.38. The molecule has 1 aromatic heterocycles. The number of hydrogen-bond acceptors (Lipinski definition) is 4. The molecule has 0 saturated carbocycles. The Labute approximate surface area is 143 Å². The number of aliphatic hydroxyl groups is 1. The van der Waals surface area contributed by atoms with Gasteiger partial charge in [-0.1, -0.05) is 0 Å². The Bertz CT molecular complexity index is 554. The number of aliphatic hydroxyl groups excluding tert-OH is 1. The second-order valence-electron chi connectivity index (χ2n) is 6.42. The van der Waals surface area contributed by atoms with Crippen LogP contribution in [0.25, 0.3) is 5.57 Å². The predicted octanol–water partition coefficient (Wildman–Crippen LogP) is 5.06. The maximum atomic E-state index is 12.1. The van der Waals surface area contributed by atoms with Crippen LogP contribution in [0.3, 0.4) is 0 Å². The zero-order valence-corrected chi connectivity index (χ0v) is 15.5. The predicted molar refractivity (Wildman–Crippen MR) is 93.2 cm³/mol. The first kappa shape index (κ1) is 17.3. The third kappa shape index (κ3) is 4.26. The van der Waals surface area contributed by atoms with Gasteiger partial charge in [0.25, 0.3) is 0 Å². The number of thiophene rings is 1. The first-order chi connectivity index (χ1) is 10.3. The van der Waals surface area contributed by atoms with Gasteiger partial charge in [-0.05, 0) is 66.9 Å². The van der Waals surface area contributed by atoms with E-state index in [0.29, 0.717) is 13.1 Å². The molecule has 1 N–H and O–H groups in total. The van der Waals surface area contributed by atoms with E-state index in [1.807, 2.05) is 32.2 Å². The van der Waals surface area contributed by atoms with Gasteiger partial charge in [0.2, 0.25) is 0 Å². The third-order valence-corrected chi connectivity index (χ3v) is 5.49. The first-order valence-corrected chi connectivity index (χ1v) is 9.04. The first-order valence-electron chi connectivity index (χ1n) is 7.37. The molecule has 2 rings (SSSR count). The summed E-state index contributed by atoms with van der Waals surface area (Å²) in [6.45, 7) is 6.93. The molecule has 22 heavy (non-hydrogen) atoms. The molecule has 0 aromatic carbocycles. The van der Waals surface area contributed by atoms with E-state index >= 15 is 0 Å². The van der Waals surface area contributed by atoms with Gasteiger partial charge in [-0.15, -0.1) is 11.3 Å². The molecule has 122 valence electrons. The van der Waals surface area contributed by atoms with Crippen molar-refractivity contribution < 1.29 is 14.6 Å². The Morgan fingerprint density at radius 1 is 1.45 bits per heavy atom. The van der Waals surface area contributed by atoms with Crippen molar-refractivity contribution in [2.75, 3.05) is 13.1 Å². The topological polar surface area (TPSA) is 49.8 Å². The molecule has 1 amide bonds. The highest BCUT2D eigenvalue weighted by Gasteiger charge is 2.29. The molecule has 2 heterocycles. The molecule has 1 aliphatic rings. The number of allylic oxidation sites excluding steroid dienone is 1. The number of ether oxygens (including phenoxy) is 1. The third-order valence-electron chi connectivity index (χ3n) is 3.60. The van der Waals surface area contributed by atoms with Gasteiger partial charge < -0.3 is 14.7 Å². The number of rotatable bonds is 2. The smallest absolute Gasteiger partial charge is 0.410 e. The van der Waals surface area contributed by atoms with Crippen molar-refractivity contribution >= 4 is 38.9 Å². The normalized spacial score (nSPS) is 17.6. The van der Waals surface area contributed by atoms with Gasteiger partial charge in [-0.3, -0.25) is 0 Å². The summed E-state index contributed by atoms with van der Waals surface area (Å²) in [5, 5.41) is 11.6. The van der Waals surface area contributed by atoms with E-state index in [-0.39, 0.29) is 12.0 Å². The second kappa shape index (κ2) is 7.04. The lowest BCUT2D eigenvalue weighted by molar-refractivity contribution is 0.0199. The monoisotopic (exact) mass is 387 g/mol. The van der Waals surface area contributed by atoms with Crippen LogP contribution < -0.4 is 0 Å². The molecular formula is C16H22BrNO3S. The van der Waals surface area contributed by atoms with Crippen molar-refractivity contribution in [3.63, 3.8) is 0 Å². The summed E-state index contributed by atoms with van der Waals surface area (Å²) in [7, 11) is 0. The lowest BCUT2D eigenvalue weighted by Crippen LogP contribution is -2.41. The maximum absolute atomic E-state index is 12.1. The zero-order chi connectivity index (χ0) is 16.3. The summed E-state index contributed by atoms with van der Waals surface area (Å²) in [6, 6.07) is 1.99. The minimum Gasteiger partial charge on any atom is -0.515 e. The van der Waals surface area contributed by atoms with E-state index in [2.05, 4.69) is 15.9 Å². The van der Waals surface area contributed by atoms with E-state index in [4.69, 9.17) is 4.74 Å². The van der Waals surface area contributed by atoms with Gasteiger partial charge in [0.05, 0.1) is 6.26 Å². The van der Waals surface area contributed by atoms with E-state index in [1.54, 1.807) is 16.2 Å². The summed E-state index contributed by atoms with van der Waals surface area (Å²) < 4.78 is 6.41. The fraction of sp³-hybridized carbons (Fsp3) is 0.562. The van der Waals surface area contributed by atoms with E-state index in [9.17, 15) is 9.90 Å². The van der Waals surface area contributed by atoms with Crippen molar-refractivity contribution in [2.45, 2.75) is 39.2 Å². The van der Waals surface area contributed by atoms with E-state index in [0.717, 1.165) is 27.8 Å². The molecular weight excluding hydrogens is 366 g/mol. The molecule has 0 spiro atoms. The maximum Gasteiger partial charge on any atom is 0.410 e. The molecule has 0 atom stereocenters. The number of piperidine rings is 1. The Kier molecular flexibility index (Phi) is 5.55. The van der Waals surface area contributed by atoms with Crippen LogP contribution in [-0.4, -0.2) is 34.8 Å². The molecule has 1 saturated heterocycles. The Morgan fingerprint density at radius 3 is 2.55 bits per heavy atom. The van der Waals surface area contributed by atoms with Crippen LogP contribution in [0, 0.1) is 5.92 Å². The standard InChI is InChI=1S/C16H22BrNO3S/c1-16(2,3)21-15(20)18-7-4-11(5-8-18)12(10-19)14-13(17)6-9-22-14/h6,9-11,19H,4-5,7-8H2,1-3H3. The number of halogens is 1. The summed E-state index contributed by atoms with van der Waals surface area (Å²) >= 11 is 5.13. The summed E-state index contributed by atoms with van der Waals surface area (Å²) in [5.74, 6) is 0.263. The van der Waals surface area contributed by atoms with Crippen molar-refractivity contribution in [3.8, 4) is 0 Å². The van der Waals surface area contributed by atoms with Crippen molar-refractivity contribution in [1.29, 1.82) is 0 Å². The Morgan fingerprint density at radius 2 is 2.09 bits per heavy atom. The van der Waals surface area contributed by atoms with E-state index in [1.165, 1.54) is 6.26 Å². The van der Waals surface area contributed by atoms with Crippen LogP contribution in [-0.2, 0) is 4.74 Å².